The third-order valence-electron chi connectivity index (χ3n) is 3.12. The number of carbonyl (C=O) groups is 1. The Hall–Kier alpha value is -1.95. The van der Waals surface area contributed by atoms with Gasteiger partial charge in [0, 0.05) is 18.7 Å². The molecular formula is C13H14O6. The number of carboxylic acids is 1. The van der Waals surface area contributed by atoms with Crippen LogP contribution in [0.5, 0.6) is 17.2 Å². The van der Waals surface area contributed by atoms with Crippen LogP contribution < -0.4 is 14.2 Å². The number of carboxylic acid groups (broad SMARTS) is 1. The van der Waals surface area contributed by atoms with Crippen molar-refractivity contribution in [3.8, 4) is 17.2 Å². The summed E-state index contributed by atoms with van der Waals surface area (Å²) in [5.41, 5.74) is 0.0785. The first-order valence-corrected chi connectivity index (χ1v) is 6.15. The van der Waals surface area contributed by atoms with Crippen molar-refractivity contribution >= 4 is 5.97 Å². The maximum absolute atomic E-state index is 11.3. The lowest BCUT2D eigenvalue weighted by Gasteiger charge is -2.24. The molecule has 0 spiro atoms. The average molecular weight is 266 g/mol. The van der Waals surface area contributed by atoms with Crippen LogP contribution in [0.1, 0.15) is 23.2 Å². The summed E-state index contributed by atoms with van der Waals surface area (Å²) in [4.78, 5) is 11.3. The third-order valence-corrected chi connectivity index (χ3v) is 3.12. The summed E-state index contributed by atoms with van der Waals surface area (Å²) < 4.78 is 21.5. The first-order chi connectivity index (χ1) is 9.24. The highest BCUT2D eigenvalue weighted by Gasteiger charge is 2.24. The standard InChI is InChI=1S/C13H14O6/c14-13(15)9-4-11-12(18-7-17-11)5-10(9)19-8-2-1-3-16-6-8/h4-5,8H,1-3,6-7H2,(H,14,15). The second-order valence-electron chi connectivity index (χ2n) is 4.46. The van der Waals surface area contributed by atoms with Crippen molar-refractivity contribution in [2.75, 3.05) is 20.0 Å². The maximum Gasteiger partial charge on any atom is 0.339 e. The Morgan fingerprint density at radius 2 is 2.11 bits per heavy atom. The number of rotatable bonds is 3. The average Bonchev–Trinajstić information content (AvgIpc) is 2.86. The minimum atomic E-state index is -1.05. The van der Waals surface area contributed by atoms with E-state index in [0.717, 1.165) is 19.4 Å². The van der Waals surface area contributed by atoms with Crippen LogP contribution in [0, 0.1) is 0 Å². The van der Waals surface area contributed by atoms with E-state index in [0.29, 0.717) is 23.9 Å². The molecule has 0 aromatic heterocycles. The summed E-state index contributed by atoms with van der Waals surface area (Å²) in [5, 5.41) is 9.22. The summed E-state index contributed by atoms with van der Waals surface area (Å²) >= 11 is 0. The Labute approximate surface area is 109 Å². The highest BCUT2D eigenvalue weighted by molar-refractivity contribution is 5.92. The zero-order valence-corrected chi connectivity index (χ0v) is 10.3. The van der Waals surface area contributed by atoms with Crippen molar-refractivity contribution in [3.05, 3.63) is 17.7 Å². The van der Waals surface area contributed by atoms with E-state index in [2.05, 4.69) is 0 Å². The Morgan fingerprint density at radius 3 is 2.79 bits per heavy atom. The predicted octanol–water partition coefficient (Wildman–Crippen LogP) is 1.67. The molecule has 6 heteroatoms. The van der Waals surface area contributed by atoms with E-state index in [1.54, 1.807) is 6.07 Å². The number of ether oxygens (including phenoxy) is 4. The molecule has 0 saturated carbocycles. The van der Waals surface area contributed by atoms with Gasteiger partial charge in [0.05, 0.1) is 6.61 Å². The van der Waals surface area contributed by atoms with E-state index < -0.39 is 5.97 Å². The number of fused-ring (bicyclic) bond motifs is 1. The van der Waals surface area contributed by atoms with Gasteiger partial charge in [-0.25, -0.2) is 4.79 Å². The molecule has 2 aliphatic heterocycles. The molecule has 0 amide bonds. The van der Waals surface area contributed by atoms with Crippen molar-refractivity contribution in [1.29, 1.82) is 0 Å². The minimum absolute atomic E-state index is 0.0785. The molecule has 1 fully saturated rings. The first kappa shape index (κ1) is 12.1. The molecule has 3 rings (SSSR count). The van der Waals surface area contributed by atoms with E-state index in [1.165, 1.54) is 6.07 Å². The SMILES string of the molecule is O=C(O)c1cc2c(cc1OC1CCCOC1)OCO2. The number of hydrogen-bond donors (Lipinski definition) is 1. The van der Waals surface area contributed by atoms with E-state index in [-0.39, 0.29) is 18.5 Å². The molecule has 1 atom stereocenters. The first-order valence-electron chi connectivity index (χ1n) is 6.15. The van der Waals surface area contributed by atoms with Crippen LogP contribution in [-0.4, -0.2) is 37.2 Å². The van der Waals surface area contributed by atoms with Crippen molar-refractivity contribution < 1.29 is 28.8 Å². The van der Waals surface area contributed by atoms with E-state index in [4.69, 9.17) is 18.9 Å². The second kappa shape index (κ2) is 4.97. The Morgan fingerprint density at radius 1 is 1.32 bits per heavy atom. The Kier molecular flexibility index (Phi) is 3.16. The van der Waals surface area contributed by atoms with E-state index in [1.807, 2.05) is 0 Å². The quantitative estimate of drug-likeness (QED) is 0.897. The van der Waals surface area contributed by atoms with Gasteiger partial charge in [0.1, 0.15) is 17.4 Å². The summed E-state index contributed by atoms with van der Waals surface area (Å²) in [7, 11) is 0. The fourth-order valence-electron chi connectivity index (χ4n) is 2.17. The molecule has 1 aromatic rings. The summed E-state index contributed by atoms with van der Waals surface area (Å²) in [6.07, 6.45) is 1.65. The summed E-state index contributed by atoms with van der Waals surface area (Å²) in [6, 6.07) is 3.00. The zero-order valence-electron chi connectivity index (χ0n) is 10.3. The molecule has 0 radical (unpaired) electrons. The number of hydrogen-bond acceptors (Lipinski definition) is 5. The van der Waals surface area contributed by atoms with Crippen molar-refractivity contribution in [1.82, 2.24) is 0 Å². The van der Waals surface area contributed by atoms with Crippen LogP contribution in [0.3, 0.4) is 0 Å². The fraction of sp³-hybridized carbons (Fsp3) is 0.462. The molecule has 6 nitrogen and oxygen atoms in total. The van der Waals surface area contributed by atoms with Crippen molar-refractivity contribution in [2.45, 2.75) is 18.9 Å². The van der Waals surface area contributed by atoms with Gasteiger partial charge in [0.15, 0.2) is 11.5 Å². The van der Waals surface area contributed by atoms with Crippen LogP contribution >= 0.6 is 0 Å². The molecule has 0 bridgehead atoms. The lowest BCUT2D eigenvalue weighted by Crippen LogP contribution is -2.28. The van der Waals surface area contributed by atoms with Gasteiger partial charge in [-0.2, -0.15) is 0 Å². The lowest BCUT2D eigenvalue weighted by atomic mass is 10.1. The van der Waals surface area contributed by atoms with Gasteiger partial charge in [-0.05, 0) is 12.8 Å². The van der Waals surface area contributed by atoms with Crippen LogP contribution in [0.4, 0.5) is 0 Å². The van der Waals surface area contributed by atoms with Crippen LogP contribution in [0.2, 0.25) is 0 Å². The minimum Gasteiger partial charge on any atom is -0.487 e. The summed E-state index contributed by atoms with van der Waals surface area (Å²) in [6.45, 7) is 1.31. The van der Waals surface area contributed by atoms with Gasteiger partial charge in [0.2, 0.25) is 6.79 Å². The Bertz CT molecular complexity index is 492. The maximum atomic E-state index is 11.3. The molecular weight excluding hydrogens is 252 g/mol. The molecule has 0 aliphatic carbocycles. The van der Waals surface area contributed by atoms with Gasteiger partial charge in [-0.15, -0.1) is 0 Å². The van der Waals surface area contributed by atoms with Crippen LogP contribution in [0.15, 0.2) is 12.1 Å². The smallest absolute Gasteiger partial charge is 0.339 e. The lowest BCUT2D eigenvalue weighted by molar-refractivity contribution is 0.00672. The monoisotopic (exact) mass is 266 g/mol. The molecule has 1 unspecified atom stereocenters. The normalized spacial score (nSPS) is 21.2. The van der Waals surface area contributed by atoms with Crippen LogP contribution in [0.25, 0.3) is 0 Å². The highest BCUT2D eigenvalue weighted by atomic mass is 16.7. The molecule has 2 aliphatic rings. The van der Waals surface area contributed by atoms with Gasteiger partial charge in [-0.1, -0.05) is 0 Å². The molecule has 1 saturated heterocycles. The topological polar surface area (TPSA) is 74.2 Å². The van der Waals surface area contributed by atoms with Gasteiger partial charge in [0.25, 0.3) is 0 Å². The van der Waals surface area contributed by atoms with E-state index in [9.17, 15) is 9.90 Å². The zero-order chi connectivity index (χ0) is 13.2. The highest BCUT2D eigenvalue weighted by Crippen LogP contribution is 2.38. The number of benzene rings is 1. The van der Waals surface area contributed by atoms with Gasteiger partial charge in [-0.3, -0.25) is 0 Å². The van der Waals surface area contributed by atoms with Gasteiger partial charge >= 0.3 is 5.97 Å². The second-order valence-corrected chi connectivity index (χ2v) is 4.46. The Balaban J connectivity index is 1.87. The van der Waals surface area contributed by atoms with Crippen LogP contribution in [-0.2, 0) is 4.74 Å². The molecule has 19 heavy (non-hydrogen) atoms. The molecule has 2 heterocycles. The predicted molar refractivity (Wildman–Crippen MR) is 64.0 cm³/mol. The number of aromatic carboxylic acids is 1. The molecule has 1 N–H and O–H groups in total. The molecule has 1 aromatic carbocycles. The van der Waals surface area contributed by atoms with Gasteiger partial charge < -0.3 is 24.1 Å². The third kappa shape index (κ3) is 2.44. The summed E-state index contributed by atoms with van der Waals surface area (Å²) in [5.74, 6) is 0.193. The van der Waals surface area contributed by atoms with Crippen molar-refractivity contribution in [2.24, 2.45) is 0 Å². The molecule has 102 valence electrons. The van der Waals surface area contributed by atoms with Crippen molar-refractivity contribution in [3.63, 3.8) is 0 Å². The van der Waals surface area contributed by atoms with E-state index >= 15 is 0 Å². The largest absolute Gasteiger partial charge is 0.487 e. The fourth-order valence-corrected chi connectivity index (χ4v) is 2.17.